The van der Waals surface area contributed by atoms with Crippen molar-refractivity contribution in [2.45, 2.75) is 11.8 Å². The summed E-state index contributed by atoms with van der Waals surface area (Å²) in [6.07, 6.45) is 0.502. The van der Waals surface area contributed by atoms with Crippen LogP contribution in [-0.2, 0) is 19.1 Å². The Morgan fingerprint density at radius 2 is 2.57 bits per heavy atom. The van der Waals surface area contributed by atoms with Gasteiger partial charge in [0.15, 0.2) is 6.79 Å². The normalized spacial score (nSPS) is 24.1. The van der Waals surface area contributed by atoms with Crippen molar-refractivity contribution in [1.82, 2.24) is 4.90 Å². The van der Waals surface area contributed by atoms with Gasteiger partial charge in [0.05, 0.1) is 11.8 Å². The second kappa shape index (κ2) is 3.62. The van der Waals surface area contributed by atoms with Gasteiger partial charge in [-0.3, -0.25) is 9.69 Å². The van der Waals surface area contributed by atoms with Crippen molar-refractivity contribution < 1.29 is 19.1 Å². The summed E-state index contributed by atoms with van der Waals surface area (Å²) in [6, 6.07) is 0. The molecule has 0 aromatic carbocycles. The van der Waals surface area contributed by atoms with E-state index in [0.29, 0.717) is 12.1 Å². The summed E-state index contributed by atoms with van der Waals surface area (Å²) >= 11 is 1.47. The lowest BCUT2D eigenvalue weighted by molar-refractivity contribution is -0.155. The van der Waals surface area contributed by atoms with Crippen LogP contribution in [0.15, 0.2) is 11.1 Å². The molecule has 0 bridgehead atoms. The number of methoxy groups -OCH3 is 1. The van der Waals surface area contributed by atoms with Crippen molar-refractivity contribution >= 4 is 23.6 Å². The maximum atomic E-state index is 11.4. The van der Waals surface area contributed by atoms with Crippen molar-refractivity contribution in [1.29, 1.82) is 0 Å². The first-order valence-electron chi connectivity index (χ1n) is 4.08. The average Bonchev–Trinajstić information content (AvgIpc) is 2.51. The third-order valence-corrected chi connectivity index (χ3v) is 3.07. The van der Waals surface area contributed by atoms with Gasteiger partial charge in [0, 0.05) is 12.5 Å². The number of nitrogens with zero attached hydrogens (tertiary/aromatic N) is 1. The van der Waals surface area contributed by atoms with E-state index in [1.54, 1.807) is 5.41 Å². The lowest BCUT2D eigenvalue weighted by Gasteiger charge is -2.34. The number of fused-ring (bicyclic) bond motifs is 1. The highest BCUT2D eigenvalue weighted by Crippen LogP contribution is 2.40. The summed E-state index contributed by atoms with van der Waals surface area (Å²) in [5.41, 5.74) is 0.327. The van der Waals surface area contributed by atoms with Gasteiger partial charge >= 0.3 is 5.97 Å². The minimum atomic E-state index is -0.505. The number of rotatable bonds is 3. The van der Waals surface area contributed by atoms with E-state index in [1.807, 2.05) is 0 Å². The quantitative estimate of drug-likeness (QED) is 0.384. The smallest absolute Gasteiger partial charge is 0.357 e. The molecule has 1 fully saturated rings. The molecule has 0 aromatic heterocycles. The molecule has 1 unspecified atom stereocenters. The first-order valence-corrected chi connectivity index (χ1v) is 5.02. The molecule has 14 heavy (non-hydrogen) atoms. The SMILES string of the molecule is COCOC(=O)C1=CSC2CC(=O)N12. The zero-order valence-electron chi connectivity index (χ0n) is 7.56. The summed E-state index contributed by atoms with van der Waals surface area (Å²) in [5, 5.41) is 1.76. The number of carbonyl (C=O) groups excluding carboxylic acids is 2. The highest BCUT2D eigenvalue weighted by atomic mass is 32.2. The first kappa shape index (κ1) is 9.54. The Balaban J connectivity index is 1.98. The molecule has 2 heterocycles. The Labute approximate surface area is 85.0 Å². The number of β-lactam (4-membered cyclic amide) rings is 1. The zero-order chi connectivity index (χ0) is 10.1. The zero-order valence-corrected chi connectivity index (χ0v) is 8.37. The van der Waals surface area contributed by atoms with Crippen LogP contribution in [0, 0.1) is 0 Å². The third kappa shape index (κ3) is 1.40. The van der Waals surface area contributed by atoms with Crippen LogP contribution in [0.25, 0.3) is 0 Å². The fourth-order valence-electron chi connectivity index (χ4n) is 1.32. The van der Waals surface area contributed by atoms with Crippen molar-refractivity contribution in [3.05, 3.63) is 11.1 Å². The van der Waals surface area contributed by atoms with Gasteiger partial charge < -0.3 is 9.47 Å². The molecular weight excluding hydrogens is 206 g/mol. The standard InChI is InChI=1S/C8H9NO4S/c1-12-4-13-8(11)5-3-14-7-2-6(10)9(5)7/h3,7H,2,4H2,1H3. The van der Waals surface area contributed by atoms with Crippen molar-refractivity contribution in [2.75, 3.05) is 13.9 Å². The molecule has 2 rings (SSSR count). The number of hydrogen-bond donors (Lipinski definition) is 0. The predicted octanol–water partition coefficient (Wildman–Crippen LogP) is 0.280. The number of hydrogen-bond acceptors (Lipinski definition) is 5. The molecule has 0 aliphatic carbocycles. The molecule has 0 radical (unpaired) electrons. The topological polar surface area (TPSA) is 55.8 Å². The summed E-state index contributed by atoms with van der Waals surface area (Å²) in [4.78, 5) is 24.0. The van der Waals surface area contributed by atoms with E-state index in [4.69, 9.17) is 4.74 Å². The average molecular weight is 215 g/mol. The summed E-state index contributed by atoms with van der Waals surface area (Å²) in [6.45, 7) is -0.0897. The van der Waals surface area contributed by atoms with Gasteiger partial charge in [-0.05, 0) is 0 Å². The van der Waals surface area contributed by atoms with E-state index in [1.165, 1.54) is 23.8 Å². The fraction of sp³-hybridized carbons (Fsp3) is 0.500. The van der Waals surface area contributed by atoms with Gasteiger partial charge in [0.2, 0.25) is 5.91 Å². The summed E-state index contributed by atoms with van der Waals surface area (Å²) in [5.74, 6) is -0.532. The van der Waals surface area contributed by atoms with Crippen LogP contribution in [-0.4, -0.2) is 36.1 Å². The van der Waals surface area contributed by atoms with Gasteiger partial charge in [-0.2, -0.15) is 0 Å². The van der Waals surface area contributed by atoms with Crippen LogP contribution in [0.2, 0.25) is 0 Å². The largest absolute Gasteiger partial charge is 0.434 e. The van der Waals surface area contributed by atoms with E-state index < -0.39 is 5.97 Å². The minimum absolute atomic E-state index is 0.0272. The molecule has 6 heteroatoms. The second-order valence-electron chi connectivity index (χ2n) is 2.90. The molecule has 1 amide bonds. The molecule has 0 spiro atoms. The molecule has 0 aromatic rings. The van der Waals surface area contributed by atoms with Crippen LogP contribution in [0.1, 0.15) is 6.42 Å². The van der Waals surface area contributed by atoms with E-state index >= 15 is 0 Å². The third-order valence-electron chi connectivity index (χ3n) is 2.02. The molecular formula is C8H9NO4S. The minimum Gasteiger partial charge on any atom is -0.434 e. The molecule has 1 atom stereocenters. The lowest BCUT2D eigenvalue weighted by atomic mass is 10.2. The van der Waals surface area contributed by atoms with Gasteiger partial charge in [-0.15, -0.1) is 11.8 Å². The maximum absolute atomic E-state index is 11.4. The highest BCUT2D eigenvalue weighted by molar-refractivity contribution is 8.03. The number of ether oxygens (including phenoxy) is 2. The van der Waals surface area contributed by atoms with Crippen molar-refractivity contribution in [3.63, 3.8) is 0 Å². The van der Waals surface area contributed by atoms with Crippen LogP contribution >= 0.6 is 11.8 Å². The van der Waals surface area contributed by atoms with Gasteiger partial charge in [-0.1, -0.05) is 0 Å². The first-order chi connectivity index (χ1) is 6.74. The molecule has 5 nitrogen and oxygen atoms in total. The molecule has 2 aliphatic heterocycles. The van der Waals surface area contributed by atoms with E-state index in [2.05, 4.69) is 4.74 Å². The monoisotopic (exact) mass is 215 g/mol. The summed E-state index contributed by atoms with van der Waals surface area (Å²) < 4.78 is 9.34. The Morgan fingerprint density at radius 3 is 3.21 bits per heavy atom. The fourth-order valence-corrected chi connectivity index (χ4v) is 2.41. The predicted molar refractivity (Wildman–Crippen MR) is 48.9 cm³/mol. The van der Waals surface area contributed by atoms with E-state index in [-0.39, 0.29) is 18.1 Å². The van der Waals surface area contributed by atoms with Crippen LogP contribution in [0.5, 0.6) is 0 Å². The Morgan fingerprint density at radius 1 is 1.79 bits per heavy atom. The van der Waals surface area contributed by atoms with Gasteiger partial charge in [0.25, 0.3) is 0 Å². The van der Waals surface area contributed by atoms with Crippen LogP contribution < -0.4 is 0 Å². The second-order valence-corrected chi connectivity index (χ2v) is 3.95. The van der Waals surface area contributed by atoms with Crippen LogP contribution in [0.4, 0.5) is 0 Å². The maximum Gasteiger partial charge on any atom is 0.357 e. The number of amides is 1. The molecule has 76 valence electrons. The molecule has 1 saturated heterocycles. The van der Waals surface area contributed by atoms with Gasteiger partial charge in [0.1, 0.15) is 5.70 Å². The number of carbonyl (C=O) groups is 2. The molecule has 0 N–H and O–H groups in total. The van der Waals surface area contributed by atoms with Crippen molar-refractivity contribution in [2.24, 2.45) is 0 Å². The number of thioether (sulfide) groups is 1. The van der Waals surface area contributed by atoms with E-state index in [0.717, 1.165) is 0 Å². The summed E-state index contributed by atoms with van der Waals surface area (Å²) in [7, 11) is 1.43. The lowest BCUT2D eigenvalue weighted by Crippen LogP contribution is -2.48. The highest BCUT2D eigenvalue weighted by Gasteiger charge is 2.45. The van der Waals surface area contributed by atoms with Crippen LogP contribution in [0.3, 0.4) is 0 Å². The molecule has 2 aliphatic rings. The Hall–Kier alpha value is -1.01. The Kier molecular flexibility index (Phi) is 2.47. The van der Waals surface area contributed by atoms with Crippen molar-refractivity contribution in [3.8, 4) is 0 Å². The number of esters is 1. The Bertz CT molecular complexity index is 314. The van der Waals surface area contributed by atoms with E-state index in [9.17, 15) is 9.59 Å². The molecule has 0 saturated carbocycles. The van der Waals surface area contributed by atoms with Gasteiger partial charge in [-0.25, -0.2) is 4.79 Å².